The van der Waals surface area contributed by atoms with E-state index in [1.165, 1.54) is 0 Å². The third kappa shape index (κ3) is 2.59. The number of hydrogen-bond donors (Lipinski definition) is 1. The number of pyridine rings is 1. The van der Waals surface area contributed by atoms with Gasteiger partial charge in [-0.05, 0) is 41.9 Å². The van der Waals surface area contributed by atoms with Crippen LogP contribution in [0.25, 0.3) is 0 Å². The van der Waals surface area contributed by atoms with E-state index in [0.717, 1.165) is 15.4 Å². The predicted molar refractivity (Wildman–Crippen MR) is 70.7 cm³/mol. The molecule has 1 N–H and O–H groups in total. The van der Waals surface area contributed by atoms with Gasteiger partial charge in [-0.15, -0.1) is 11.3 Å². The summed E-state index contributed by atoms with van der Waals surface area (Å²) in [6, 6.07) is 5.80. The molecule has 0 radical (unpaired) electrons. The molecule has 0 fully saturated rings. The molecular weight excluding hydrogens is 286 g/mol. The molecule has 0 spiro atoms. The molecule has 0 unspecified atom stereocenters. The van der Waals surface area contributed by atoms with Gasteiger partial charge in [0.2, 0.25) is 0 Å². The second-order valence-corrected chi connectivity index (χ2v) is 5.64. The lowest BCUT2D eigenvalue weighted by atomic mass is 10.1. The van der Waals surface area contributed by atoms with E-state index in [0.29, 0.717) is 0 Å². The first-order chi connectivity index (χ1) is 7.58. The zero-order chi connectivity index (χ0) is 11.6. The van der Waals surface area contributed by atoms with Crippen LogP contribution in [-0.2, 0) is 5.54 Å². The molecule has 0 bridgehead atoms. The average Bonchev–Trinajstić information content (AvgIpc) is 2.69. The Hall–Kier alpha value is -0.940. The van der Waals surface area contributed by atoms with Crippen LogP contribution >= 0.6 is 27.3 Å². The maximum atomic E-state index is 4.35. The minimum Gasteiger partial charge on any atom is -0.359 e. The lowest BCUT2D eigenvalue weighted by molar-refractivity contribution is 0.601. The van der Waals surface area contributed by atoms with Gasteiger partial charge in [-0.2, -0.15) is 0 Å². The number of rotatable bonds is 3. The van der Waals surface area contributed by atoms with E-state index in [-0.39, 0.29) is 5.54 Å². The van der Waals surface area contributed by atoms with Gasteiger partial charge in [0.15, 0.2) is 0 Å². The number of nitrogens with zero attached hydrogens (tertiary/aromatic N) is 2. The van der Waals surface area contributed by atoms with Crippen molar-refractivity contribution in [3.05, 3.63) is 39.4 Å². The van der Waals surface area contributed by atoms with Crippen molar-refractivity contribution in [3.8, 4) is 0 Å². The summed E-state index contributed by atoms with van der Waals surface area (Å²) >= 11 is 4.99. The topological polar surface area (TPSA) is 37.8 Å². The van der Waals surface area contributed by atoms with Gasteiger partial charge in [0.05, 0.1) is 5.54 Å². The van der Waals surface area contributed by atoms with Gasteiger partial charge in [-0.25, -0.2) is 9.97 Å². The molecule has 3 nitrogen and oxygen atoms in total. The van der Waals surface area contributed by atoms with Gasteiger partial charge in [-0.1, -0.05) is 6.07 Å². The van der Waals surface area contributed by atoms with Gasteiger partial charge in [0, 0.05) is 11.6 Å². The Balaban J connectivity index is 2.21. The van der Waals surface area contributed by atoms with E-state index in [9.17, 15) is 0 Å². The summed E-state index contributed by atoms with van der Waals surface area (Å²) in [6.07, 6.45) is 1.82. The van der Waals surface area contributed by atoms with E-state index in [2.05, 4.69) is 45.1 Å². The highest BCUT2D eigenvalue weighted by Gasteiger charge is 2.23. The fourth-order valence-electron chi connectivity index (χ4n) is 1.38. The van der Waals surface area contributed by atoms with Gasteiger partial charge < -0.3 is 5.32 Å². The van der Waals surface area contributed by atoms with Crippen LogP contribution in [-0.4, -0.2) is 9.97 Å². The van der Waals surface area contributed by atoms with Crippen LogP contribution in [0.3, 0.4) is 0 Å². The van der Waals surface area contributed by atoms with E-state index in [1.807, 2.05) is 29.8 Å². The molecule has 16 heavy (non-hydrogen) atoms. The maximum Gasteiger partial charge on any atom is 0.128 e. The van der Waals surface area contributed by atoms with Crippen LogP contribution in [0.4, 0.5) is 5.82 Å². The smallest absolute Gasteiger partial charge is 0.128 e. The van der Waals surface area contributed by atoms with Crippen molar-refractivity contribution in [1.29, 1.82) is 0 Å². The molecule has 5 heteroatoms. The quantitative estimate of drug-likeness (QED) is 0.879. The van der Waals surface area contributed by atoms with Crippen LogP contribution in [0, 0.1) is 0 Å². The summed E-state index contributed by atoms with van der Waals surface area (Å²) in [6.45, 7) is 4.18. The van der Waals surface area contributed by atoms with Crippen LogP contribution in [0.15, 0.2) is 34.4 Å². The molecule has 0 atom stereocenters. The van der Waals surface area contributed by atoms with Crippen LogP contribution < -0.4 is 5.32 Å². The van der Waals surface area contributed by atoms with Crippen LogP contribution in [0.2, 0.25) is 0 Å². The molecule has 0 amide bonds. The molecule has 0 aliphatic carbocycles. The first kappa shape index (κ1) is 11.5. The monoisotopic (exact) mass is 297 g/mol. The minimum atomic E-state index is -0.206. The van der Waals surface area contributed by atoms with Gasteiger partial charge >= 0.3 is 0 Å². The van der Waals surface area contributed by atoms with Gasteiger partial charge in [-0.3, -0.25) is 0 Å². The Labute approximate surface area is 107 Å². The highest BCUT2D eigenvalue weighted by molar-refractivity contribution is 9.10. The summed E-state index contributed by atoms with van der Waals surface area (Å²) in [5.74, 6) is 0.842. The number of anilines is 1. The number of nitrogens with one attached hydrogen (secondary N) is 1. The van der Waals surface area contributed by atoms with Crippen molar-refractivity contribution in [3.63, 3.8) is 0 Å². The summed E-state index contributed by atoms with van der Waals surface area (Å²) in [5.41, 5.74) is -0.206. The molecule has 2 rings (SSSR count). The Morgan fingerprint density at radius 3 is 2.81 bits per heavy atom. The maximum absolute atomic E-state index is 4.35. The molecule has 2 aromatic heterocycles. The molecule has 0 aliphatic heterocycles. The summed E-state index contributed by atoms with van der Waals surface area (Å²) in [4.78, 5) is 8.67. The summed E-state index contributed by atoms with van der Waals surface area (Å²) in [7, 11) is 0. The van der Waals surface area contributed by atoms with E-state index in [4.69, 9.17) is 0 Å². The highest BCUT2D eigenvalue weighted by atomic mass is 79.9. The Morgan fingerprint density at radius 2 is 2.19 bits per heavy atom. The van der Waals surface area contributed by atoms with Crippen molar-refractivity contribution in [2.24, 2.45) is 0 Å². The Kier molecular flexibility index (Phi) is 3.25. The summed E-state index contributed by atoms with van der Waals surface area (Å²) in [5, 5.41) is 6.40. The lowest BCUT2D eigenvalue weighted by Crippen LogP contribution is -2.28. The largest absolute Gasteiger partial charge is 0.359 e. The molecule has 0 saturated carbocycles. The molecule has 0 saturated heterocycles. The number of aromatic nitrogens is 2. The lowest BCUT2D eigenvalue weighted by Gasteiger charge is -2.24. The Morgan fingerprint density at radius 1 is 1.38 bits per heavy atom. The molecule has 0 aliphatic rings. The zero-order valence-corrected chi connectivity index (χ0v) is 11.5. The average molecular weight is 298 g/mol. The number of thiazole rings is 1. The number of halogens is 1. The fraction of sp³-hybridized carbons (Fsp3) is 0.273. The second-order valence-electron chi connectivity index (χ2n) is 3.93. The van der Waals surface area contributed by atoms with Crippen molar-refractivity contribution in [2.45, 2.75) is 19.4 Å². The van der Waals surface area contributed by atoms with E-state index in [1.54, 1.807) is 11.3 Å². The highest BCUT2D eigenvalue weighted by Crippen LogP contribution is 2.26. The molecule has 2 heterocycles. The van der Waals surface area contributed by atoms with E-state index >= 15 is 0 Å². The predicted octanol–water partition coefficient (Wildman–Crippen LogP) is 3.65. The normalized spacial score (nSPS) is 11.4. The summed E-state index contributed by atoms with van der Waals surface area (Å²) < 4.78 is 0.826. The van der Waals surface area contributed by atoms with Gasteiger partial charge in [0.25, 0.3) is 0 Å². The first-order valence-corrected chi connectivity index (χ1v) is 6.56. The van der Waals surface area contributed by atoms with Crippen molar-refractivity contribution in [1.82, 2.24) is 9.97 Å². The van der Waals surface area contributed by atoms with Crippen molar-refractivity contribution in [2.75, 3.05) is 5.32 Å². The van der Waals surface area contributed by atoms with Crippen molar-refractivity contribution >= 4 is 33.1 Å². The first-order valence-electron chi connectivity index (χ1n) is 4.89. The zero-order valence-electron chi connectivity index (χ0n) is 9.07. The van der Waals surface area contributed by atoms with Crippen LogP contribution in [0.1, 0.15) is 18.9 Å². The molecular formula is C11H12BrN3S. The number of hydrogen-bond acceptors (Lipinski definition) is 4. The Bertz CT molecular complexity index is 468. The third-order valence-electron chi connectivity index (χ3n) is 2.12. The molecule has 0 aromatic carbocycles. The van der Waals surface area contributed by atoms with E-state index < -0.39 is 0 Å². The van der Waals surface area contributed by atoms with Crippen molar-refractivity contribution < 1.29 is 0 Å². The third-order valence-corrected chi connectivity index (χ3v) is 3.66. The van der Waals surface area contributed by atoms with Gasteiger partial charge in [0.1, 0.15) is 15.4 Å². The van der Waals surface area contributed by atoms with Crippen LogP contribution in [0.5, 0.6) is 0 Å². The SMILES string of the molecule is CC(C)(Nc1cccc(Br)n1)c1nccs1. The fourth-order valence-corrected chi connectivity index (χ4v) is 2.45. The second kappa shape index (κ2) is 4.51. The molecule has 84 valence electrons. The molecule has 2 aromatic rings. The minimum absolute atomic E-state index is 0.206. The standard InChI is InChI=1S/C11H12BrN3S/c1-11(2,10-13-6-7-16-10)15-9-5-3-4-8(12)14-9/h3-7H,1-2H3,(H,14,15).